The summed E-state index contributed by atoms with van der Waals surface area (Å²) in [5.74, 6) is 10.2. The third-order valence-electron chi connectivity index (χ3n) is 17.0. The molecule has 0 radical (unpaired) electrons. The molecule has 14 rings (SSSR count). The van der Waals surface area contributed by atoms with Crippen molar-refractivity contribution in [2.24, 2.45) is 81.4 Å². The summed E-state index contributed by atoms with van der Waals surface area (Å²) in [6.07, 6.45) is 51.0. The van der Waals surface area contributed by atoms with E-state index in [9.17, 15) is 0 Å². The first-order chi connectivity index (χ1) is 53.1. The minimum Gasteiger partial charge on any atom is -0.370 e. The van der Waals surface area contributed by atoms with Gasteiger partial charge in [-0.25, -0.2) is 54.9 Å². The molecule has 0 saturated carbocycles. The van der Waals surface area contributed by atoms with Gasteiger partial charge >= 0.3 is 0 Å². The molecule has 7 atom stereocenters. The SMILES string of the molecule is CC1N=C(N(C)C)N(C)C(N(C)C2=CCC=C2)=N1.CC1N=C(N(C)C)NC(N(C)C2=CCC=C2)=N1.CC1N=C(N)NC(N(C)C2=CCC=C2)=N1.CC1N=C(N)NC(NC2=CCC=C2)=N1.CC1N=C(NC2=CCC=C2)NC(N(C)C)=N1.CN=C1N=C(NC2=CCC=C2)NC(C)N1.CNC1=NC(N(C)C2=CCC=C2)=NC(C)N1. The molecule has 0 fully saturated rings. The summed E-state index contributed by atoms with van der Waals surface area (Å²) in [6.45, 7) is 13.7. The standard InChI is InChI=1S/C13H21N5.C12H19N5.2C11H17N5.2C10H15N5.C9H13N5/c1-10-14-12(16(2)3)18(5)13(15-10)17(4)11-8-6-7-9-11;1-9-13-11(16(2)3)15-12(14-9)17(4)10-7-5-6-8-10;1-8-12-10(14-9-6-4-5-7-9)15-11(13-8)16(2)3;1-8-13-10(12-2)15-11(14-8)16(3)9-6-4-5-7-9;1-7-12-9(11)14-10(13-7)15(2)8-5-3-4-6-8;1-7-12-9(11-2)15-10(13-7)14-8-5-3-4-6-8;1-6-11-8(10)14-9(12-6)13-7-4-2-3-5-7/h6,8-10H,7H2,1-5H3;5,7-9H,6H2,1-4H3,(H,13,14,15);2*4,6-8H,5H2,1-3H3,(H2,12,13,14,15);3,5-7H,4H2,1-2H3,(H3,11,12,13,14);3,5-7H,4H2,1-2H3,(H3,11,12,13,14,15);2,4-6H,3H2,1H3,(H4,10,11,12,13,14). The fourth-order valence-corrected chi connectivity index (χ4v) is 11.5. The maximum absolute atomic E-state index is 5.65. The third kappa shape index (κ3) is 26.1. The number of guanidine groups is 14. The van der Waals surface area contributed by atoms with Crippen molar-refractivity contribution in [2.45, 2.75) is 137 Å². The molecule has 0 bridgehead atoms. The fraction of sp³-hybridized carbons (Fsp3) is 0.447. The quantitative estimate of drug-likeness (QED) is 0.169. The molecule has 0 aromatic heterocycles. The van der Waals surface area contributed by atoms with E-state index in [1.165, 1.54) is 11.4 Å². The van der Waals surface area contributed by atoms with Crippen LogP contribution in [0.15, 0.2) is 237 Å². The first-order valence-corrected chi connectivity index (χ1v) is 37.3. The number of allylic oxidation sites excluding steroid dienone is 21. The number of aliphatic imine (C=N–C) groups is 14. The molecule has 35 nitrogen and oxygen atoms in total. The molecule has 7 unspecified atom stereocenters. The zero-order valence-electron chi connectivity index (χ0n) is 68.1. The largest absolute Gasteiger partial charge is 0.370 e. The predicted octanol–water partition coefficient (Wildman–Crippen LogP) is 4.32. The molecule has 14 aliphatic rings. The monoisotopic (exact) mass is 1520 g/mol. The van der Waals surface area contributed by atoms with Crippen molar-refractivity contribution in [3.63, 3.8) is 0 Å². The van der Waals surface area contributed by atoms with E-state index in [1.54, 1.807) is 7.05 Å². The van der Waals surface area contributed by atoms with E-state index in [-0.39, 0.29) is 43.2 Å². The molecule has 596 valence electrons. The molecule has 35 heteroatoms. The Hall–Kier alpha value is -12.5. The summed E-state index contributed by atoms with van der Waals surface area (Å²) in [5.41, 5.74) is 19.0. The van der Waals surface area contributed by atoms with E-state index in [0.29, 0.717) is 23.8 Å². The van der Waals surface area contributed by atoms with E-state index in [1.807, 2.05) is 175 Å². The summed E-state index contributed by atoms with van der Waals surface area (Å²) in [6, 6.07) is 0. The Bertz CT molecular complexity index is 4230. The van der Waals surface area contributed by atoms with Gasteiger partial charge in [-0.3, -0.25) is 31.2 Å². The molecule has 15 N–H and O–H groups in total. The van der Waals surface area contributed by atoms with Gasteiger partial charge in [-0.05, 0) is 136 Å². The van der Waals surface area contributed by atoms with Crippen LogP contribution in [0.3, 0.4) is 0 Å². The van der Waals surface area contributed by atoms with Crippen LogP contribution in [0.25, 0.3) is 0 Å². The van der Waals surface area contributed by atoms with Crippen molar-refractivity contribution in [1.29, 1.82) is 0 Å². The number of likely N-dealkylation sites (N-methyl/N-ethyl adjacent to an activating group) is 4. The first-order valence-electron chi connectivity index (χ1n) is 37.3. The molecular formula is C76H117N35. The lowest BCUT2D eigenvalue weighted by Gasteiger charge is -2.35. The van der Waals surface area contributed by atoms with E-state index in [4.69, 9.17) is 11.5 Å². The molecule has 7 heterocycles. The highest BCUT2D eigenvalue weighted by atomic mass is 15.5. The molecule has 0 spiro atoms. The van der Waals surface area contributed by atoms with Gasteiger partial charge in [-0.15, -0.1) is 0 Å². The second-order valence-corrected chi connectivity index (χ2v) is 27.1. The van der Waals surface area contributed by atoms with Crippen LogP contribution in [0.5, 0.6) is 0 Å². The number of hydrogen-bond donors (Lipinski definition) is 13. The Balaban J connectivity index is 0.000000163. The van der Waals surface area contributed by atoms with E-state index in [2.05, 4.69) is 254 Å². The number of hydrogen-bond acceptors (Lipinski definition) is 33. The third-order valence-corrected chi connectivity index (χ3v) is 17.0. The van der Waals surface area contributed by atoms with Gasteiger partial charge in [0.1, 0.15) is 37.0 Å². The Morgan fingerprint density at radius 1 is 0.387 bits per heavy atom. The highest BCUT2D eigenvalue weighted by molar-refractivity contribution is 6.04. The second kappa shape index (κ2) is 41.2. The summed E-state index contributed by atoms with van der Waals surface area (Å²) in [7, 11) is 25.4. The average Bonchev–Trinajstić information content (AvgIpc) is 1.77. The van der Waals surface area contributed by atoms with Gasteiger partial charge < -0.3 is 83.0 Å². The smallest absolute Gasteiger partial charge is 0.230 e. The summed E-state index contributed by atoms with van der Waals surface area (Å²) >= 11 is 0. The van der Waals surface area contributed by atoms with Crippen LogP contribution in [-0.4, -0.2) is 257 Å². The second-order valence-electron chi connectivity index (χ2n) is 27.1. The number of nitrogens with one attached hydrogen (secondary N) is 11. The summed E-state index contributed by atoms with van der Waals surface area (Å²) in [5, 5.41) is 34.2. The van der Waals surface area contributed by atoms with Crippen LogP contribution < -0.4 is 70.0 Å². The van der Waals surface area contributed by atoms with E-state index >= 15 is 0 Å². The summed E-state index contributed by atoms with van der Waals surface area (Å²) < 4.78 is 0. The zero-order chi connectivity index (χ0) is 80.3. The topological polar surface area (TPSA) is 383 Å². The zero-order valence-corrected chi connectivity index (χ0v) is 68.1. The van der Waals surface area contributed by atoms with Gasteiger partial charge in [-0.2, -0.15) is 9.98 Å². The Morgan fingerprint density at radius 3 is 1.23 bits per heavy atom. The van der Waals surface area contributed by atoms with Crippen LogP contribution in [-0.2, 0) is 0 Å². The maximum Gasteiger partial charge on any atom is 0.230 e. The minimum absolute atomic E-state index is 0.0398. The molecule has 111 heavy (non-hydrogen) atoms. The van der Waals surface area contributed by atoms with Gasteiger partial charge in [0.15, 0.2) is 11.9 Å². The van der Waals surface area contributed by atoms with Crippen molar-refractivity contribution in [3.8, 4) is 0 Å². The first kappa shape index (κ1) is 84.2. The van der Waals surface area contributed by atoms with Gasteiger partial charge in [-0.1, -0.05) is 85.1 Å². The Morgan fingerprint density at radius 2 is 0.784 bits per heavy atom. The lowest BCUT2D eigenvalue weighted by molar-refractivity contribution is 0.454. The van der Waals surface area contributed by atoms with E-state index in [0.717, 1.165) is 133 Å². The van der Waals surface area contributed by atoms with Gasteiger partial charge in [0.05, 0.1) is 6.17 Å². The maximum atomic E-state index is 5.65. The summed E-state index contributed by atoms with van der Waals surface area (Å²) in [4.78, 5) is 76.8. The van der Waals surface area contributed by atoms with E-state index < -0.39 is 0 Å². The minimum atomic E-state index is -0.121. The van der Waals surface area contributed by atoms with Crippen molar-refractivity contribution in [1.82, 2.24) is 97.7 Å². The number of rotatable bonds is 7. The van der Waals surface area contributed by atoms with Crippen LogP contribution in [0, 0.1) is 0 Å². The average molecular weight is 1520 g/mol. The molecule has 0 saturated heterocycles. The van der Waals surface area contributed by atoms with Crippen molar-refractivity contribution in [3.05, 3.63) is 167 Å². The lowest BCUT2D eigenvalue weighted by Crippen LogP contribution is -2.54. The van der Waals surface area contributed by atoms with Crippen LogP contribution in [0.2, 0.25) is 0 Å². The number of nitrogens with two attached hydrogens (primary N) is 2. The molecule has 7 aliphatic carbocycles. The Kier molecular flexibility index (Phi) is 31.2. The van der Waals surface area contributed by atoms with Crippen LogP contribution >= 0.6 is 0 Å². The van der Waals surface area contributed by atoms with Gasteiger partial charge in [0, 0.05) is 131 Å². The Labute approximate surface area is 655 Å². The lowest BCUT2D eigenvalue weighted by atomic mass is 10.4. The molecule has 0 aromatic carbocycles. The van der Waals surface area contributed by atoms with Gasteiger partial charge in [0.25, 0.3) is 0 Å². The van der Waals surface area contributed by atoms with Crippen LogP contribution in [0.4, 0.5) is 0 Å². The molecule has 0 amide bonds. The van der Waals surface area contributed by atoms with Crippen molar-refractivity contribution >= 4 is 83.4 Å². The highest BCUT2D eigenvalue weighted by Crippen LogP contribution is 2.21. The van der Waals surface area contributed by atoms with Crippen molar-refractivity contribution in [2.75, 3.05) is 91.6 Å². The van der Waals surface area contributed by atoms with Crippen LogP contribution in [0.1, 0.15) is 93.4 Å². The number of nitrogens with zero attached hydrogens (tertiary/aromatic N) is 22. The predicted molar refractivity (Wildman–Crippen MR) is 458 cm³/mol. The fourth-order valence-electron chi connectivity index (χ4n) is 11.5. The molecule has 0 aromatic rings. The van der Waals surface area contributed by atoms with Crippen molar-refractivity contribution < 1.29 is 0 Å². The molecule has 7 aliphatic heterocycles. The normalized spacial score (nSPS) is 23.8. The van der Waals surface area contributed by atoms with Gasteiger partial charge in [0.2, 0.25) is 71.5 Å². The molecular weight excluding hydrogens is 1400 g/mol. The highest BCUT2D eigenvalue weighted by Gasteiger charge is 2.27.